The number of furan rings is 1. The summed E-state index contributed by atoms with van der Waals surface area (Å²) in [5, 5.41) is 0.789. The van der Waals surface area contributed by atoms with Crippen LogP contribution in [0.1, 0.15) is 35.7 Å². The molecule has 2 aromatic rings. The largest absolute Gasteiger partial charge is 0.454 e. The Morgan fingerprint density at radius 3 is 2.31 bits per heavy atom. The smallest absolute Gasteiger partial charge is 0.305 e. The normalized spacial score (nSPS) is 10.8. The molecule has 8 heteroatoms. The van der Waals surface area contributed by atoms with Crippen molar-refractivity contribution in [3.8, 4) is 0 Å². The van der Waals surface area contributed by atoms with E-state index in [1.165, 1.54) is 0 Å². The average Bonchev–Trinajstić information content (AvgIpc) is 3.09. The van der Waals surface area contributed by atoms with Crippen LogP contribution in [0.25, 0.3) is 0 Å². The van der Waals surface area contributed by atoms with Crippen LogP contribution in [0.4, 0.5) is 0 Å². The van der Waals surface area contributed by atoms with E-state index in [0.29, 0.717) is 27.9 Å². The van der Waals surface area contributed by atoms with Crippen molar-refractivity contribution in [3.63, 3.8) is 0 Å². The lowest BCUT2D eigenvalue weighted by Crippen LogP contribution is -2.42. The Hall–Kier alpha value is -2.02. The molecular formula is C18H21Cl2N3O3. The van der Waals surface area contributed by atoms with Crippen molar-refractivity contribution in [2.24, 2.45) is 0 Å². The van der Waals surface area contributed by atoms with Gasteiger partial charge in [0.05, 0.1) is 13.0 Å². The van der Waals surface area contributed by atoms with Crippen molar-refractivity contribution in [2.45, 2.75) is 26.8 Å². The molecular weight excluding hydrogens is 377 g/mol. The second-order valence-electron chi connectivity index (χ2n) is 5.61. The van der Waals surface area contributed by atoms with Crippen molar-refractivity contribution in [3.05, 3.63) is 57.5 Å². The van der Waals surface area contributed by atoms with Gasteiger partial charge in [-0.1, -0.05) is 43.1 Å². The number of amides is 2. The molecule has 2 rings (SSSR count). The Kier molecular flexibility index (Phi) is 7.50. The molecule has 0 spiro atoms. The van der Waals surface area contributed by atoms with Crippen molar-refractivity contribution in [1.29, 1.82) is 0 Å². The van der Waals surface area contributed by atoms with Gasteiger partial charge in [-0.2, -0.15) is 0 Å². The van der Waals surface area contributed by atoms with Crippen molar-refractivity contribution >= 4 is 35.0 Å². The SMILES string of the molecule is CCN(CC)Cc1ccc(C(=O)NNC(=O)Cc2c(Cl)cccc2Cl)o1. The van der Waals surface area contributed by atoms with Crippen LogP contribution in [-0.2, 0) is 17.8 Å². The molecule has 0 radical (unpaired) electrons. The summed E-state index contributed by atoms with van der Waals surface area (Å²) in [6, 6.07) is 8.31. The molecule has 1 aromatic heterocycles. The van der Waals surface area contributed by atoms with Gasteiger partial charge in [-0.05, 0) is 42.9 Å². The number of carbonyl (C=O) groups excluding carboxylic acids is 2. The molecule has 0 aliphatic heterocycles. The minimum Gasteiger partial charge on any atom is -0.454 e. The van der Waals surface area contributed by atoms with Crippen molar-refractivity contribution in [1.82, 2.24) is 15.8 Å². The molecule has 0 atom stereocenters. The highest BCUT2D eigenvalue weighted by molar-refractivity contribution is 6.36. The molecule has 0 bridgehead atoms. The fraction of sp³-hybridized carbons (Fsp3) is 0.333. The predicted molar refractivity (Wildman–Crippen MR) is 101 cm³/mol. The van der Waals surface area contributed by atoms with E-state index in [-0.39, 0.29) is 12.2 Å². The summed E-state index contributed by atoms with van der Waals surface area (Å²) < 4.78 is 5.52. The molecule has 1 heterocycles. The summed E-state index contributed by atoms with van der Waals surface area (Å²) in [6.07, 6.45) is -0.0514. The van der Waals surface area contributed by atoms with Crippen LogP contribution < -0.4 is 10.9 Å². The molecule has 6 nitrogen and oxygen atoms in total. The van der Waals surface area contributed by atoms with Gasteiger partial charge < -0.3 is 4.42 Å². The summed E-state index contributed by atoms with van der Waals surface area (Å²) in [5.41, 5.74) is 5.15. The number of hydrazine groups is 1. The molecule has 0 saturated heterocycles. The highest BCUT2D eigenvalue weighted by Crippen LogP contribution is 2.24. The summed E-state index contributed by atoms with van der Waals surface area (Å²) in [7, 11) is 0. The van der Waals surface area contributed by atoms with Crippen LogP contribution in [0.3, 0.4) is 0 Å². The third-order valence-electron chi connectivity index (χ3n) is 3.87. The summed E-state index contributed by atoms with van der Waals surface area (Å²) >= 11 is 12.1. The maximum atomic E-state index is 12.1. The highest BCUT2D eigenvalue weighted by Gasteiger charge is 2.15. The third kappa shape index (κ3) is 5.49. The first-order valence-corrected chi connectivity index (χ1v) is 9.03. The Labute approximate surface area is 162 Å². The third-order valence-corrected chi connectivity index (χ3v) is 4.58. The second kappa shape index (κ2) is 9.62. The molecule has 2 amide bonds. The number of rotatable bonds is 7. The molecule has 2 N–H and O–H groups in total. The van der Waals surface area contributed by atoms with Crippen molar-refractivity contribution in [2.75, 3.05) is 13.1 Å². The van der Waals surface area contributed by atoms with Gasteiger partial charge >= 0.3 is 5.91 Å². The van der Waals surface area contributed by atoms with Gasteiger partial charge in [-0.3, -0.25) is 25.3 Å². The maximum absolute atomic E-state index is 12.1. The fourth-order valence-corrected chi connectivity index (χ4v) is 2.88. The summed E-state index contributed by atoms with van der Waals surface area (Å²) in [4.78, 5) is 26.3. The zero-order valence-corrected chi connectivity index (χ0v) is 16.2. The van der Waals surface area contributed by atoms with E-state index >= 15 is 0 Å². The number of carbonyl (C=O) groups is 2. The van der Waals surface area contributed by atoms with E-state index in [4.69, 9.17) is 27.6 Å². The monoisotopic (exact) mass is 397 g/mol. The number of hydrogen-bond acceptors (Lipinski definition) is 4. The van der Waals surface area contributed by atoms with Crippen LogP contribution >= 0.6 is 23.2 Å². The number of halogens is 2. The van der Waals surface area contributed by atoms with Crippen LogP contribution in [0, 0.1) is 0 Å². The number of nitrogens with zero attached hydrogens (tertiary/aromatic N) is 1. The van der Waals surface area contributed by atoms with Crippen LogP contribution in [0.5, 0.6) is 0 Å². The highest BCUT2D eigenvalue weighted by atomic mass is 35.5. The Bertz CT molecular complexity index is 753. The number of hydrogen-bond donors (Lipinski definition) is 2. The standard InChI is InChI=1S/C18H21Cl2N3O3/c1-3-23(4-2)11-12-8-9-16(26-12)18(25)22-21-17(24)10-13-14(19)6-5-7-15(13)20/h5-9H,3-4,10-11H2,1-2H3,(H,21,24)(H,22,25). The predicted octanol–water partition coefficient (Wildman–Crippen LogP) is 3.43. The fourth-order valence-electron chi connectivity index (χ4n) is 2.35. The van der Waals surface area contributed by atoms with E-state index in [1.54, 1.807) is 30.3 Å². The summed E-state index contributed by atoms with van der Waals surface area (Å²) in [6.45, 7) is 6.51. The van der Waals surface area contributed by atoms with Crippen molar-refractivity contribution < 1.29 is 14.0 Å². The van der Waals surface area contributed by atoms with E-state index in [1.807, 2.05) is 0 Å². The number of benzene rings is 1. The molecule has 26 heavy (non-hydrogen) atoms. The van der Waals surface area contributed by atoms with Gasteiger partial charge in [0, 0.05) is 10.0 Å². The van der Waals surface area contributed by atoms with Crippen LogP contribution in [-0.4, -0.2) is 29.8 Å². The van der Waals surface area contributed by atoms with E-state index < -0.39 is 11.8 Å². The van der Waals surface area contributed by atoms with Gasteiger partial charge in [0.15, 0.2) is 5.76 Å². The minimum absolute atomic E-state index is 0.0514. The lowest BCUT2D eigenvalue weighted by Gasteiger charge is -2.15. The van der Waals surface area contributed by atoms with Crippen LogP contribution in [0.15, 0.2) is 34.7 Å². The van der Waals surface area contributed by atoms with Gasteiger partial charge in [0.1, 0.15) is 5.76 Å². The van der Waals surface area contributed by atoms with E-state index in [2.05, 4.69) is 29.6 Å². The zero-order chi connectivity index (χ0) is 19.1. The van der Waals surface area contributed by atoms with E-state index in [0.717, 1.165) is 13.1 Å². The second-order valence-corrected chi connectivity index (χ2v) is 6.42. The molecule has 0 aliphatic rings. The van der Waals surface area contributed by atoms with Gasteiger partial charge in [0.2, 0.25) is 5.91 Å². The summed E-state index contributed by atoms with van der Waals surface area (Å²) in [5.74, 6) is -0.158. The Balaban J connectivity index is 1.88. The first kappa shape index (κ1) is 20.3. The van der Waals surface area contributed by atoms with Gasteiger partial charge in [-0.15, -0.1) is 0 Å². The first-order chi connectivity index (χ1) is 12.4. The lowest BCUT2D eigenvalue weighted by atomic mass is 10.1. The van der Waals surface area contributed by atoms with Crippen LogP contribution in [0.2, 0.25) is 10.0 Å². The molecule has 0 unspecified atom stereocenters. The van der Waals surface area contributed by atoms with Gasteiger partial charge in [0.25, 0.3) is 0 Å². The minimum atomic E-state index is -0.533. The topological polar surface area (TPSA) is 74.6 Å². The molecule has 0 fully saturated rings. The molecule has 140 valence electrons. The average molecular weight is 398 g/mol. The molecule has 0 aliphatic carbocycles. The molecule has 0 saturated carbocycles. The Morgan fingerprint density at radius 1 is 1.04 bits per heavy atom. The number of nitrogens with one attached hydrogen (secondary N) is 2. The Morgan fingerprint density at radius 2 is 1.69 bits per heavy atom. The van der Waals surface area contributed by atoms with Gasteiger partial charge in [-0.25, -0.2) is 0 Å². The maximum Gasteiger partial charge on any atom is 0.305 e. The quantitative estimate of drug-likeness (QED) is 0.701. The molecule has 1 aromatic carbocycles. The zero-order valence-electron chi connectivity index (χ0n) is 14.6. The lowest BCUT2D eigenvalue weighted by molar-refractivity contribution is -0.121. The van der Waals surface area contributed by atoms with E-state index in [9.17, 15) is 9.59 Å². The first-order valence-electron chi connectivity index (χ1n) is 8.27.